The zero-order valence-corrected chi connectivity index (χ0v) is 22.4. The van der Waals surface area contributed by atoms with Crippen LogP contribution in [0.4, 0.5) is 18.9 Å². The molecule has 0 bridgehead atoms. The van der Waals surface area contributed by atoms with Crippen molar-refractivity contribution in [2.75, 3.05) is 42.9 Å². The summed E-state index contributed by atoms with van der Waals surface area (Å²) in [5.74, 6) is -0.504. The molecular formula is C24H30F3N3O5S2. The Morgan fingerprint density at radius 1 is 0.973 bits per heavy atom. The van der Waals surface area contributed by atoms with Crippen molar-refractivity contribution in [2.45, 2.75) is 31.5 Å². The van der Waals surface area contributed by atoms with E-state index in [2.05, 4.69) is 4.90 Å². The Balaban J connectivity index is 2.02. The highest BCUT2D eigenvalue weighted by Crippen LogP contribution is 2.36. The van der Waals surface area contributed by atoms with Crippen molar-refractivity contribution in [2.24, 2.45) is 0 Å². The van der Waals surface area contributed by atoms with Crippen LogP contribution in [-0.4, -0.2) is 71.7 Å². The standard InChI is InChI=1S/C24H30F3N3O5S2/c1-28(22(17-29-13-7-8-14-29)18-9-5-4-6-10-18)23(31)15-19-11-12-20(24(25,26)27)16-21(19)30(36(2,32)33)37(3,34)35/h4-6,9-12,16,22H,7-8,13-15,17H2,1-3H3/t22-/m1/s1. The lowest BCUT2D eigenvalue weighted by Crippen LogP contribution is -2.40. The Bertz CT molecular complexity index is 1300. The maximum absolute atomic E-state index is 13.4. The van der Waals surface area contributed by atoms with Gasteiger partial charge in [0.15, 0.2) is 0 Å². The van der Waals surface area contributed by atoms with Gasteiger partial charge in [-0.3, -0.25) is 4.79 Å². The van der Waals surface area contributed by atoms with E-state index in [9.17, 15) is 34.8 Å². The fourth-order valence-corrected chi connectivity index (χ4v) is 7.48. The number of sulfonamides is 2. The van der Waals surface area contributed by atoms with Crippen LogP contribution in [0.25, 0.3) is 0 Å². The van der Waals surface area contributed by atoms with Gasteiger partial charge in [-0.05, 0) is 49.2 Å². The molecule has 204 valence electrons. The molecule has 0 unspecified atom stereocenters. The average molecular weight is 562 g/mol. The minimum Gasteiger partial charge on any atom is -0.337 e. The Morgan fingerprint density at radius 2 is 1.54 bits per heavy atom. The van der Waals surface area contributed by atoms with Crippen LogP contribution in [0.2, 0.25) is 0 Å². The number of nitrogens with zero attached hydrogens (tertiary/aromatic N) is 3. The van der Waals surface area contributed by atoms with Gasteiger partial charge in [0.2, 0.25) is 26.0 Å². The normalized spacial score (nSPS) is 15.9. The van der Waals surface area contributed by atoms with Gasteiger partial charge in [-0.1, -0.05) is 36.4 Å². The van der Waals surface area contributed by atoms with Gasteiger partial charge in [0.1, 0.15) is 0 Å². The number of hydrogen-bond donors (Lipinski definition) is 0. The second kappa shape index (κ2) is 11.0. The van der Waals surface area contributed by atoms with Crippen LogP contribution in [0.5, 0.6) is 0 Å². The van der Waals surface area contributed by atoms with Crippen LogP contribution in [0.3, 0.4) is 0 Å². The lowest BCUT2D eigenvalue weighted by Gasteiger charge is -2.32. The number of rotatable bonds is 9. The second-order valence-corrected chi connectivity index (χ2v) is 13.1. The van der Waals surface area contributed by atoms with Gasteiger partial charge in [-0.2, -0.15) is 16.9 Å². The zero-order chi connectivity index (χ0) is 27.6. The molecule has 13 heteroatoms. The smallest absolute Gasteiger partial charge is 0.337 e. The quantitative estimate of drug-likeness (QED) is 0.467. The van der Waals surface area contributed by atoms with Gasteiger partial charge in [-0.25, -0.2) is 16.8 Å². The predicted molar refractivity (Wildman–Crippen MR) is 135 cm³/mol. The van der Waals surface area contributed by atoms with Crippen molar-refractivity contribution in [3.63, 3.8) is 0 Å². The minimum atomic E-state index is -4.86. The molecule has 0 aliphatic carbocycles. The third-order valence-corrected chi connectivity index (χ3v) is 9.45. The number of carbonyl (C=O) groups is 1. The number of likely N-dealkylation sites (tertiary alicyclic amines) is 1. The first-order valence-corrected chi connectivity index (χ1v) is 15.2. The highest BCUT2D eigenvalue weighted by atomic mass is 32.3. The third-order valence-electron chi connectivity index (χ3n) is 6.23. The first-order chi connectivity index (χ1) is 17.1. The number of anilines is 1. The van der Waals surface area contributed by atoms with Crippen molar-refractivity contribution < 1.29 is 34.8 Å². The number of halogens is 3. The number of benzene rings is 2. The molecular weight excluding hydrogens is 531 g/mol. The van der Waals surface area contributed by atoms with E-state index in [0.29, 0.717) is 31.2 Å². The minimum absolute atomic E-state index is 0.0588. The van der Waals surface area contributed by atoms with Gasteiger partial charge in [-0.15, -0.1) is 0 Å². The molecule has 1 fully saturated rings. The highest BCUT2D eigenvalue weighted by molar-refractivity contribution is 8.09. The fraction of sp³-hybridized carbons (Fsp3) is 0.458. The van der Waals surface area contributed by atoms with E-state index in [1.807, 2.05) is 30.3 Å². The highest BCUT2D eigenvalue weighted by Gasteiger charge is 2.36. The van der Waals surface area contributed by atoms with Gasteiger partial charge >= 0.3 is 6.18 Å². The van der Waals surface area contributed by atoms with E-state index >= 15 is 0 Å². The molecule has 8 nitrogen and oxygen atoms in total. The second-order valence-electron chi connectivity index (χ2n) is 9.18. The third kappa shape index (κ3) is 7.23. The Labute approximate surface area is 215 Å². The number of hydrogen-bond acceptors (Lipinski definition) is 6. The van der Waals surface area contributed by atoms with Gasteiger partial charge in [0, 0.05) is 13.6 Å². The number of carbonyl (C=O) groups excluding carboxylic acids is 1. The molecule has 0 spiro atoms. The maximum Gasteiger partial charge on any atom is 0.416 e. The topological polar surface area (TPSA) is 95.1 Å². The lowest BCUT2D eigenvalue weighted by atomic mass is 10.0. The van der Waals surface area contributed by atoms with E-state index in [0.717, 1.165) is 37.6 Å². The van der Waals surface area contributed by atoms with Crippen LogP contribution in [0.15, 0.2) is 48.5 Å². The number of likely N-dealkylation sites (N-methyl/N-ethyl adjacent to an activating group) is 1. The average Bonchev–Trinajstić information content (AvgIpc) is 3.29. The van der Waals surface area contributed by atoms with Crippen LogP contribution >= 0.6 is 0 Å². The van der Waals surface area contributed by atoms with Gasteiger partial charge < -0.3 is 9.80 Å². The Kier molecular flexibility index (Phi) is 8.60. The van der Waals surface area contributed by atoms with E-state index in [4.69, 9.17) is 0 Å². The van der Waals surface area contributed by atoms with Crippen LogP contribution < -0.4 is 3.71 Å². The van der Waals surface area contributed by atoms with Crippen LogP contribution in [-0.2, 0) is 37.4 Å². The molecule has 1 saturated heterocycles. The van der Waals surface area contributed by atoms with Gasteiger partial charge in [0.05, 0.1) is 36.2 Å². The van der Waals surface area contributed by atoms with Crippen molar-refractivity contribution in [1.82, 2.24) is 9.80 Å². The molecule has 0 N–H and O–H groups in total. The van der Waals surface area contributed by atoms with Crippen LogP contribution in [0, 0.1) is 0 Å². The van der Waals surface area contributed by atoms with Crippen molar-refractivity contribution in [3.05, 3.63) is 65.2 Å². The first-order valence-electron chi connectivity index (χ1n) is 11.5. The summed E-state index contributed by atoms with van der Waals surface area (Å²) in [6, 6.07) is 11.0. The van der Waals surface area contributed by atoms with Crippen molar-refractivity contribution in [3.8, 4) is 0 Å². The molecule has 1 amide bonds. The summed E-state index contributed by atoms with van der Waals surface area (Å²) in [7, 11) is -7.52. The summed E-state index contributed by atoms with van der Waals surface area (Å²) < 4.78 is 89.7. The fourth-order valence-electron chi connectivity index (χ4n) is 4.46. The molecule has 1 heterocycles. The van der Waals surface area contributed by atoms with E-state index < -0.39 is 49.8 Å². The van der Waals surface area contributed by atoms with Crippen molar-refractivity contribution in [1.29, 1.82) is 0 Å². The summed E-state index contributed by atoms with van der Waals surface area (Å²) >= 11 is 0. The predicted octanol–water partition coefficient (Wildman–Crippen LogP) is 3.27. The van der Waals surface area contributed by atoms with Crippen LogP contribution in [0.1, 0.15) is 35.6 Å². The Morgan fingerprint density at radius 3 is 2.05 bits per heavy atom. The SMILES string of the molecule is CN(C(=O)Cc1ccc(C(F)(F)F)cc1N(S(C)(=O)=O)S(C)(=O)=O)[C@H](CN1CCCC1)c1ccccc1. The first kappa shape index (κ1) is 28.9. The van der Waals surface area contributed by atoms with Crippen molar-refractivity contribution >= 4 is 31.6 Å². The number of amides is 1. The van der Waals surface area contributed by atoms with Gasteiger partial charge in [0.25, 0.3) is 0 Å². The summed E-state index contributed by atoms with van der Waals surface area (Å²) in [6.45, 7) is 2.31. The maximum atomic E-state index is 13.4. The largest absolute Gasteiger partial charge is 0.416 e. The Hall–Kier alpha value is -2.64. The summed E-state index contributed by atoms with van der Waals surface area (Å²) in [4.78, 5) is 17.1. The molecule has 1 aliphatic rings. The molecule has 0 saturated carbocycles. The molecule has 0 radical (unpaired) electrons. The monoisotopic (exact) mass is 561 g/mol. The summed E-state index contributed by atoms with van der Waals surface area (Å²) in [5, 5.41) is 0. The molecule has 1 aliphatic heterocycles. The molecule has 37 heavy (non-hydrogen) atoms. The van der Waals surface area contributed by atoms with E-state index in [1.54, 1.807) is 7.05 Å². The molecule has 1 atom stereocenters. The molecule has 0 aromatic heterocycles. The summed E-state index contributed by atoms with van der Waals surface area (Å²) in [6.07, 6.45) is -2.12. The lowest BCUT2D eigenvalue weighted by molar-refractivity contribution is -0.137. The zero-order valence-electron chi connectivity index (χ0n) is 20.8. The molecule has 2 aromatic rings. The number of alkyl halides is 3. The van der Waals surface area contributed by atoms with E-state index in [1.165, 1.54) is 4.90 Å². The summed E-state index contributed by atoms with van der Waals surface area (Å²) in [5.41, 5.74) is -1.25. The van der Waals surface area contributed by atoms with E-state index in [-0.39, 0.29) is 15.3 Å². The molecule has 3 rings (SSSR count). The molecule has 2 aromatic carbocycles.